The molecule has 46 heavy (non-hydrogen) atoms. The van der Waals surface area contributed by atoms with E-state index in [1.54, 1.807) is 26.2 Å². The first-order valence-electron chi connectivity index (χ1n) is 16.6. The van der Waals surface area contributed by atoms with Crippen molar-refractivity contribution in [2.75, 3.05) is 27.4 Å². The van der Waals surface area contributed by atoms with Crippen LogP contribution in [-0.2, 0) is 9.53 Å². The Labute approximate surface area is 276 Å². The van der Waals surface area contributed by atoms with Crippen molar-refractivity contribution in [1.29, 1.82) is 0 Å². The second-order valence-corrected chi connectivity index (χ2v) is 13.9. The maximum absolute atomic E-state index is 12.4. The van der Waals surface area contributed by atoms with E-state index in [9.17, 15) is 22.8 Å². The summed E-state index contributed by atoms with van der Waals surface area (Å²) in [7, 11) is 3.41. The van der Waals surface area contributed by atoms with Crippen LogP contribution in [-0.4, -0.2) is 56.8 Å². The summed E-state index contributed by atoms with van der Waals surface area (Å²) >= 11 is 1.51. The van der Waals surface area contributed by atoms with Crippen LogP contribution in [0.4, 0.5) is 13.2 Å². The lowest BCUT2D eigenvalue weighted by molar-refractivity contribution is -0.135. The number of carbonyl (C=O) groups excluding carboxylic acids is 2. The van der Waals surface area contributed by atoms with Crippen molar-refractivity contribution < 1.29 is 32.2 Å². The van der Waals surface area contributed by atoms with E-state index in [0.717, 1.165) is 65.8 Å². The summed E-state index contributed by atoms with van der Waals surface area (Å²) in [5.74, 6) is 2.97. The Bertz CT molecular complexity index is 1300. The molecule has 7 nitrogen and oxygen atoms in total. The van der Waals surface area contributed by atoms with Gasteiger partial charge in [-0.05, 0) is 95.2 Å². The van der Waals surface area contributed by atoms with Crippen LogP contribution in [0, 0.1) is 36.5 Å². The van der Waals surface area contributed by atoms with Crippen molar-refractivity contribution in [1.82, 2.24) is 15.6 Å². The van der Waals surface area contributed by atoms with Crippen LogP contribution in [0.5, 0.6) is 5.75 Å². The third kappa shape index (κ3) is 10.5. The third-order valence-corrected chi connectivity index (χ3v) is 10.5. The lowest BCUT2D eigenvalue weighted by Gasteiger charge is -2.30. The molecule has 0 radical (unpaired) electrons. The zero-order chi connectivity index (χ0) is 33.9. The molecule has 2 aliphatic carbocycles. The number of alkyl halides is 3. The van der Waals surface area contributed by atoms with Crippen LogP contribution in [0.2, 0.25) is 0 Å². The van der Waals surface area contributed by atoms with Gasteiger partial charge >= 0.3 is 6.18 Å². The molecule has 2 heterocycles. The average Bonchev–Trinajstić information content (AvgIpc) is 3.77. The number of thiazole rings is 1. The molecule has 2 aromatic rings. The van der Waals surface area contributed by atoms with Crippen LogP contribution < -0.4 is 15.4 Å². The van der Waals surface area contributed by atoms with Crippen molar-refractivity contribution >= 4 is 33.7 Å². The smallest absolute Gasteiger partial charge is 0.389 e. The Morgan fingerprint density at radius 2 is 1.87 bits per heavy atom. The molecule has 1 aliphatic heterocycles. The Balaban J connectivity index is 0.000000200. The maximum Gasteiger partial charge on any atom is 0.389 e. The van der Waals surface area contributed by atoms with Gasteiger partial charge in [-0.3, -0.25) is 9.59 Å². The summed E-state index contributed by atoms with van der Waals surface area (Å²) in [4.78, 5) is 27.6. The van der Waals surface area contributed by atoms with E-state index in [4.69, 9.17) is 9.47 Å². The summed E-state index contributed by atoms with van der Waals surface area (Å²) in [6.07, 6.45) is 5.72. The van der Waals surface area contributed by atoms with Gasteiger partial charge in [0.1, 0.15) is 5.75 Å². The predicted octanol–water partition coefficient (Wildman–Crippen LogP) is 8.26. The molecule has 1 saturated heterocycles. The van der Waals surface area contributed by atoms with Gasteiger partial charge in [0.25, 0.3) is 0 Å². The molecule has 2 saturated carbocycles. The third-order valence-electron chi connectivity index (χ3n) is 9.51. The van der Waals surface area contributed by atoms with E-state index in [2.05, 4.69) is 29.5 Å². The average molecular weight is 668 g/mol. The molecule has 1 amide bonds. The molecule has 1 aromatic heterocycles. The normalized spacial score (nSPS) is 25.7. The van der Waals surface area contributed by atoms with Gasteiger partial charge in [-0.25, -0.2) is 4.98 Å². The second kappa shape index (κ2) is 18.2. The molecule has 1 aromatic carbocycles. The number of rotatable bonds is 10. The van der Waals surface area contributed by atoms with Gasteiger partial charge in [0.15, 0.2) is 6.29 Å². The van der Waals surface area contributed by atoms with Crippen molar-refractivity contribution in [3.63, 3.8) is 0 Å². The molecule has 6 unspecified atom stereocenters. The molecule has 5 rings (SSSR count). The van der Waals surface area contributed by atoms with E-state index >= 15 is 0 Å². The highest BCUT2D eigenvalue weighted by atomic mass is 32.1. The molecule has 0 spiro atoms. The molecule has 3 fully saturated rings. The molecule has 6 atom stereocenters. The maximum atomic E-state index is 12.4. The zero-order valence-corrected chi connectivity index (χ0v) is 29.0. The van der Waals surface area contributed by atoms with Gasteiger partial charge in [0.2, 0.25) is 5.91 Å². The minimum absolute atomic E-state index is 0.116. The van der Waals surface area contributed by atoms with Gasteiger partial charge < -0.3 is 20.1 Å². The fourth-order valence-electron chi connectivity index (χ4n) is 7.18. The second-order valence-electron chi connectivity index (χ2n) is 12.7. The standard InChI is InChI=1S/C15H23F3N2O.C10H9NO2S.C10H20O/c1-3-11(6-7-15(16,17)18)20-14(21)12-9-4-5-10(8-9)13(12)19-2;1-6-11-8-3-4-9(13-2)7(5-12)10(8)14-6;1-3-5-10-6-9(4-2)7-11-8-10/h3,9-10,12-13,19H,4-8H2,1-2H3,(H,20,21);3-5H,1-2H3;9-10H,3-8H2,1-2H3/b11-3+;;. The number of aromatic nitrogens is 1. The molecule has 3 aliphatic rings. The van der Waals surface area contributed by atoms with Crippen LogP contribution in [0.1, 0.15) is 93.9 Å². The highest BCUT2D eigenvalue weighted by Crippen LogP contribution is 2.48. The number of fused-ring (bicyclic) bond motifs is 3. The first kappa shape index (κ1) is 38.0. The lowest BCUT2D eigenvalue weighted by atomic mass is 9.83. The summed E-state index contributed by atoms with van der Waals surface area (Å²) in [5, 5.41) is 6.88. The van der Waals surface area contributed by atoms with Gasteiger partial charge in [0.05, 0.1) is 33.8 Å². The number of nitrogens with one attached hydrogen (secondary N) is 2. The molecule has 258 valence electrons. The summed E-state index contributed by atoms with van der Waals surface area (Å²) in [6, 6.07) is 3.79. The highest BCUT2D eigenvalue weighted by molar-refractivity contribution is 7.18. The monoisotopic (exact) mass is 667 g/mol. The number of benzene rings is 1. The number of halogens is 3. The number of methoxy groups -OCH3 is 1. The minimum atomic E-state index is -4.20. The number of carbonyl (C=O) groups is 2. The van der Waals surface area contributed by atoms with Gasteiger partial charge in [-0.1, -0.05) is 32.8 Å². The van der Waals surface area contributed by atoms with Crippen LogP contribution in [0.15, 0.2) is 23.9 Å². The van der Waals surface area contributed by atoms with E-state index in [1.807, 2.05) is 20.0 Å². The van der Waals surface area contributed by atoms with E-state index < -0.39 is 12.6 Å². The van der Waals surface area contributed by atoms with Crippen molar-refractivity contribution in [3.8, 4) is 5.75 Å². The summed E-state index contributed by atoms with van der Waals surface area (Å²) in [5.41, 5.74) is 1.82. The van der Waals surface area contributed by atoms with Gasteiger partial charge in [-0.2, -0.15) is 13.2 Å². The number of aryl methyl sites for hydroxylation is 1. The molecule has 2 N–H and O–H groups in total. The minimum Gasteiger partial charge on any atom is -0.496 e. The van der Waals surface area contributed by atoms with Crippen molar-refractivity contribution in [2.24, 2.45) is 29.6 Å². The summed E-state index contributed by atoms with van der Waals surface area (Å²) < 4.78 is 48.4. The van der Waals surface area contributed by atoms with Crippen molar-refractivity contribution in [2.45, 2.75) is 97.7 Å². The van der Waals surface area contributed by atoms with Crippen molar-refractivity contribution in [3.05, 3.63) is 34.5 Å². The number of nitrogens with zero attached hydrogens (tertiary/aromatic N) is 1. The Hall–Kier alpha value is -2.50. The van der Waals surface area contributed by atoms with Gasteiger partial charge in [-0.15, -0.1) is 11.3 Å². The predicted molar refractivity (Wildman–Crippen MR) is 178 cm³/mol. The highest BCUT2D eigenvalue weighted by Gasteiger charge is 2.50. The number of hydrogen-bond acceptors (Lipinski definition) is 7. The number of amides is 1. The number of allylic oxidation sites excluding steroid dienone is 2. The number of hydrogen-bond donors (Lipinski definition) is 2. The largest absolute Gasteiger partial charge is 0.496 e. The molecular formula is C35H52F3N3O4S. The zero-order valence-electron chi connectivity index (χ0n) is 28.2. The Morgan fingerprint density at radius 1 is 1.15 bits per heavy atom. The summed E-state index contributed by atoms with van der Waals surface area (Å²) in [6.45, 7) is 10.1. The Kier molecular flexibility index (Phi) is 15.0. The SMILES string of the molecule is C/C=C(\CCC(F)(F)F)NC(=O)C1C2CCC(C2)C1NC.CCCC1COCC(CC)C1.COc1ccc2nc(C)sc2c1C=O. The fraction of sp³-hybridized carbons (Fsp3) is 0.686. The first-order chi connectivity index (χ1) is 22.0. The van der Waals surface area contributed by atoms with Gasteiger partial charge in [0, 0.05) is 31.4 Å². The quantitative estimate of drug-likeness (QED) is 0.248. The molecular weight excluding hydrogens is 615 g/mol. The van der Waals surface area contributed by atoms with Crippen LogP contribution in [0.3, 0.4) is 0 Å². The fourth-order valence-corrected chi connectivity index (χ4v) is 8.10. The Morgan fingerprint density at radius 3 is 2.48 bits per heavy atom. The van der Waals surface area contributed by atoms with Crippen LogP contribution in [0.25, 0.3) is 10.2 Å². The topological polar surface area (TPSA) is 89.6 Å². The molecule has 11 heteroatoms. The van der Waals surface area contributed by atoms with E-state index in [-0.39, 0.29) is 24.3 Å². The van der Waals surface area contributed by atoms with E-state index in [1.165, 1.54) is 37.0 Å². The lowest BCUT2D eigenvalue weighted by Crippen LogP contribution is -2.46. The first-order valence-corrected chi connectivity index (χ1v) is 17.5. The number of aldehydes is 1. The molecule has 2 bridgehead atoms. The number of ether oxygens (including phenoxy) is 2. The van der Waals surface area contributed by atoms with E-state index in [0.29, 0.717) is 28.8 Å². The van der Waals surface area contributed by atoms with Crippen LogP contribution >= 0.6 is 11.3 Å².